The molecule has 2 N–H and O–H groups in total. The molecular formula is C23H21Cl2F3N4O3. The highest BCUT2D eigenvalue weighted by Crippen LogP contribution is 2.31. The fourth-order valence-corrected chi connectivity index (χ4v) is 3.87. The number of likely N-dealkylation sites (N-methyl/N-ethyl adjacent to an activating group) is 1. The first-order valence-corrected chi connectivity index (χ1v) is 11.2. The molecule has 0 unspecified atom stereocenters. The highest BCUT2D eigenvalue weighted by Gasteiger charge is 2.38. The molecule has 2 heterocycles. The number of carboxylic acid groups (broad SMARTS) is 1. The Kier molecular flexibility index (Phi) is 8.09. The molecule has 0 fully saturated rings. The monoisotopic (exact) mass is 528 g/mol. The Balaban J connectivity index is 0.000000429. The van der Waals surface area contributed by atoms with Crippen molar-refractivity contribution in [1.82, 2.24) is 19.4 Å². The Morgan fingerprint density at radius 2 is 1.77 bits per heavy atom. The number of hydrogen-bond donors (Lipinski definition) is 2. The van der Waals surface area contributed by atoms with E-state index in [1.165, 1.54) is 0 Å². The molecule has 2 aromatic heterocycles. The van der Waals surface area contributed by atoms with Gasteiger partial charge >= 0.3 is 12.1 Å². The maximum absolute atomic E-state index is 13.4. The van der Waals surface area contributed by atoms with Gasteiger partial charge in [-0.1, -0.05) is 41.4 Å². The normalized spacial score (nSPS) is 11.5. The number of aromatic nitrogens is 3. The van der Waals surface area contributed by atoms with E-state index >= 15 is 0 Å². The summed E-state index contributed by atoms with van der Waals surface area (Å²) in [5.74, 6) is -2.76. The van der Waals surface area contributed by atoms with Gasteiger partial charge in [-0.25, -0.2) is 9.78 Å². The molecule has 2 aromatic carbocycles. The highest BCUT2D eigenvalue weighted by atomic mass is 35.5. The van der Waals surface area contributed by atoms with Crippen LogP contribution in [0.2, 0.25) is 10.0 Å². The van der Waals surface area contributed by atoms with E-state index in [1.807, 2.05) is 31.4 Å². The molecular weight excluding hydrogens is 508 g/mol. The number of aliphatic carboxylic acids is 1. The van der Waals surface area contributed by atoms with Crippen LogP contribution in [0.15, 0.2) is 47.4 Å². The molecule has 0 aliphatic rings. The summed E-state index contributed by atoms with van der Waals surface area (Å²) in [5, 5.41) is 12.1. The number of aryl methyl sites for hydroxylation is 1. The van der Waals surface area contributed by atoms with Gasteiger partial charge in [0.25, 0.3) is 5.56 Å². The quantitative estimate of drug-likeness (QED) is 0.371. The van der Waals surface area contributed by atoms with Crippen molar-refractivity contribution in [2.24, 2.45) is 0 Å². The number of halogens is 5. The Bertz CT molecular complexity index is 1450. The van der Waals surface area contributed by atoms with Crippen molar-refractivity contribution in [3.8, 4) is 11.3 Å². The van der Waals surface area contributed by atoms with Crippen LogP contribution < -0.4 is 10.9 Å². The maximum Gasteiger partial charge on any atom is 0.490 e. The summed E-state index contributed by atoms with van der Waals surface area (Å²) in [7, 11) is 1.86. The van der Waals surface area contributed by atoms with E-state index < -0.39 is 12.1 Å². The maximum atomic E-state index is 13.4. The molecule has 0 saturated heterocycles. The number of nitrogens with one attached hydrogen (secondary N) is 1. The summed E-state index contributed by atoms with van der Waals surface area (Å²) < 4.78 is 35.6. The van der Waals surface area contributed by atoms with Gasteiger partial charge in [-0.3, -0.25) is 4.79 Å². The van der Waals surface area contributed by atoms with Crippen molar-refractivity contribution in [2.45, 2.75) is 26.2 Å². The molecule has 0 atom stereocenters. The average Bonchev–Trinajstić information content (AvgIpc) is 3.18. The molecule has 0 amide bonds. The number of alkyl halides is 3. The van der Waals surface area contributed by atoms with Gasteiger partial charge in [0.1, 0.15) is 5.69 Å². The Labute approximate surface area is 207 Å². The molecule has 0 aliphatic heterocycles. The summed E-state index contributed by atoms with van der Waals surface area (Å²) >= 11 is 12.4. The molecule has 0 aliphatic carbocycles. The Morgan fingerprint density at radius 1 is 1.14 bits per heavy atom. The van der Waals surface area contributed by atoms with Crippen LogP contribution in [0, 0.1) is 0 Å². The zero-order valence-corrected chi connectivity index (χ0v) is 20.2. The Hall–Kier alpha value is -3.08. The summed E-state index contributed by atoms with van der Waals surface area (Å²) in [6.07, 6.45) is -3.08. The van der Waals surface area contributed by atoms with E-state index in [1.54, 1.807) is 16.7 Å². The second kappa shape index (κ2) is 10.7. The predicted molar refractivity (Wildman–Crippen MR) is 130 cm³/mol. The molecule has 0 spiro atoms. The number of rotatable bonds is 5. The first-order chi connectivity index (χ1) is 16.5. The molecule has 0 bridgehead atoms. The number of para-hydroxylation sites is 1. The lowest BCUT2D eigenvalue weighted by Crippen LogP contribution is -2.28. The van der Waals surface area contributed by atoms with Crippen LogP contribution in [0.1, 0.15) is 6.92 Å². The number of hydrogen-bond acceptors (Lipinski definition) is 4. The van der Waals surface area contributed by atoms with Gasteiger partial charge in [-0.15, -0.1) is 0 Å². The lowest BCUT2D eigenvalue weighted by molar-refractivity contribution is -0.192. The number of nitrogens with zero attached hydrogens (tertiary/aromatic N) is 3. The second-order valence-corrected chi connectivity index (χ2v) is 8.24. The van der Waals surface area contributed by atoms with Crippen molar-refractivity contribution in [3.05, 3.63) is 63.0 Å². The zero-order chi connectivity index (χ0) is 25.9. The standard InChI is InChI=1S/C21H20Cl2N4O.C2HF3O2/c1-3-26-12-14(13-6-4-5-7-18(13)26)20-21(28)27(9-8-24-2)19-11-16(23)15(22)10-17(19)25-20;3-2(4,5)1(6)7/h4-7,10-12,24H,3,8-9H2,1-2H3;(H,6,7). The number of carboxylic acids is 1. The SMILES string of the molecule is CCn1cc(-c2nc3cc(Cl)c(Cl)cc3n(CCNC)c2=O)c2ccccc21.O=C(O)C(F)(F)F. The minimum Gasteiger partial charge on any atom is -0.475 e. The van der Waals surface area contributed by atoms with Gasteiger partial charge in [0.15, 0.2) is 0 Å². The third kappa shape index (κ3) is 5.61. The summed E-state index contributed by atoms with van der Waals surface area (Å²) in [6, 6.07) is 11.5. The lowest BCUT2D eigenvalue weighted by Gasteiger charge is -2.13. The van der Waals surface area contributed by atoms with Crippen LogP contribution in [-0.4, -0.2) is 45.0 Å². The minimum absolute atomic E-state index is 0.139. The summed E-state index contributed by atoms with van der Waals surface area (Å²) in [5.41, 5.74) is 3.52. The van der Waals surface area contributed by atoms with E-state index in [9.17, 15) is 18.0 Å². The van der Waals surface area contributed by atoms with Gasteiger partial charge in [0, 0.05) is 42.3 Å². The molecule has 4 aromatic rings. The molecule has 4 rings (SSSR count). The van der Waals surface area contributed by atoms with Gasteiger partial charge < -0.3 is 19.6 Å². The van der Waals surface area contributed by atoms with Gasteiger partial charge in [-0.05, 0) is 32.2 Å². The number of carbonyl (C=O) groups is 1. The van der Waals surface area contributed by atoms with E-state index in [0.29, 0.717) is 39.9 Å². The van der Waals surface area contributed by atoms with E-state index in [4.69, 9.17) is 38.1 Å². The molecule has 12 heteroatoms. The van der Waals surface area contributed by atoms with Crippen LogP contribution in [0.5, 0.6) is 0 Å². The van der Waals surface area contributed by atoms with Gasteiger partial charge in [0.05, 0.1) is 21.1 Å². The lowest BCUT2D eigenvalue weighted by atomic mass is 10.1. The fraction of sp³-hybridized carbons (Fsp3) is 0.261. The van der Waals surface area contributed by atoms with Crippen molar-refractivity contribution in [3.63, 3.8) is 0 Å². The second-order valence-electron chi connectivity index (χ2n) is 7.42. The summed E-state index contributed by atoms with van der Waals surface area (Å²) in [6.45, 7) is 4.04. The first kappa shape index (κ1) is 26.5. The largest absolute Gasteiger partial charge is 0.490 e. The van der Waals surface area contributed by atoms with Gasteiger partial charge in [0.2, 0.25) is 0 Å². The van der Waals surface area contributed by atoms with Crippen LogP contribution in [0.4, 0.5) is 13.2 Å². The number of benzene rings is 2. The first-order valence-electron chi connectivity index (χ1n) is 10.4. The summed E-state index contributed by atoms with van der Waals surface area (Å²) in [4.78, 5) is 27.0. The smallest absolute Gasteiger partial charge is 0.475 e. The molecule has 0 radical (unpaired) electrons. The zero-order valence-electron chi connectivity index (χ0n) is 18.7. The molecule has 186 valence electrons. The topological polar surface area (TPSA) is 89.2 Å². The Morgan fingerprint density at radius 3 is 2.37 bits per heavy atom. The average molecular weight is 529 g/mol. The molecule has 7 nitrogen and oxygen atoms in total. The fourth-order valence-electron chi connectivity index (χ4n) is 3.56. The van der Waals surface area contributed by atoms with Gasteiger partial charge in [-0.2, -0.15) is 13.2 Å². The highest BCUT2D eigenvalue weighted by molar-refractivity contribution is 6.42. The third-order valence-corrected chi connectivity index (χ3v) is 5.92. The van der Waals surface area contributed by atoms with Crippen molar-refractivity contribution >= 4 is 51.1 Å². The van der Waals surface area contributed by atoms with Crippen LogP contribution in [-0.2, 0) is 17.9 Å². The van der Waals surface area contributed by atoms with Crippen molar-refractivity contribution < 1.29 is 23.1 Å². The third-order valence-electron chi connectivity index (χ3n) is 5.20. The minimum atomic E-state index is -5.08. The predicted octanol–water partition coefficient (Wildman–Crippen LogP) is 5.20. The van der Waals surface area contributed by atoms with Crippen LogP contribution in [0.25, 0.3) is 33.2 Å². The number of fused-ring (bicyclic) bond motifs is 2. The van der Waals surface area contributed by atoms with Crippen molar-refractivity contribution in [2.75, 3.05) is 13.6 Å². The van der Waals surface area contributed by atoms with E-state index in [0.717, 1.165) is 23.0 Å². The van der Waals surface area contributed by atoms with Crippen LogP contribution >= 0.6 is 23.2 Å². The van der Waals surface area contributed by atoms with E-state index in [-0.39, 0.29) is 5.56 Å². The molecule has 35 heavy (non-hydrogen) atoms. The van der Waals surface area contributed by atoms with E-state index in [2.05, 4.69) is 22.9 Å². The van der Waals surface area contributed by atoms with Crippen LogP contribution in [0.3, 0.4) is 0 Å². The van der Waals surface area contributed by atoms with Crippen molar-refractivity contribution in [1.29, 1.82) is 0 Å². The molecule has 0 saturated carbocycles.